The number of thioether (sulfide) groups is 1. The van der Waals surface area contributed by atoms with Gasteiger partial charge < -0.3 is 9.84 Å². The van der Waals surface area contributed by atoms with E-state index >= 15 is 0 Å². The highest BCUT2D eigenvalue weighted by atomic mass is 32.2. The van der Waals surface area contributed by atoms with Crippen molar-refractivity contribution in [1.29, 1.82) is 5.26 Å². The molecule has 0 spiro atoms. The van der Waals surface area contributed by atoms with E-state index in [1.54, 1.807) is 19.4 Å². The molecular weight excluding hydrogens is 322 g/mol. The van der Waals surface area contributed by atoms with Gasteiger partial charge >= 0.3 is 5.69 Å². The number of nitriles is 1. The number of aliphatic imine (C=N–C) groups is 1. The molecule has 124 valence electrons. The van der Waals surface area contributed by atoms with Gasteiger partial charge in [-0.05, 0) is 13.2 Å². The van der Waals surface area contributed by atoms with Gasteiger partial charge in [-0.1, -0.05) is 11.8 Å². The lowest BCUT2D eigenvalue weighted by Gasteiger charge is -2.14. The van der Waals surface area contributed by atoms with Crippen LogP contribution in [0.15, 0.2) is 20.8 Å². The first-order chi connectivity index (χ1) is 11.0. The number of aliphatic hydroxyl groups is 1. The van der Waals surface area contributed by atoms with Gasteiger partial charge in [0.05, 0.1) is 12.6 Å². The summed E-state index contributed by atoms with van der Waals surface area (Å²) in [4.78, 5) is 29.9. The van der Waals surface area contributed by atoms with Crippen LogP contribution in [-0.4, -0.2) is 44.8 Å². The Morgan fingerprint density at radius 1 is 1.70 bits per heavy atom. The molecule has 9 nitrogen and oxygen atoms in total. The Morgan fingerprint density at radius 3 is 3.04 bits per heavy atom. The summed E-state index contributed by atoms with van der Waals surface area (Å²) in [6, 6.07) is -0.410. The predicted molar refractivity (Wildman–Crippen MR) is 85.2 cm³/mol. The van der Waals surface area contributed by atoms with E-state index in [1.165, 1.54) is 22.5 Å². The van der Waals surface area contributed by atoms with Crippen molar-refractivity contribution in [3.63, 3.8) is 0 Å². The van der Waals surface area contributed by atoms with Gasteiger partial charge in [-0.25, -0.2) is 4.79 Å². The van der Waals surface area contributed by atoms with Crippen molar-refractivity contribution in [2.24, 2.45) is 4.99 Å². The minimum atomic E-state index is -0.644. The average Bonchev–Trinajstić information content (AvgIpc) is 2.93. The lowest BCUT2D eigenvalue weighted by Crippen LogP contribution is -2.33. The largest absolute Gasteiger partial charge is 0.394 e. The molecule has 2 heterocycles. The molecule has 0 radical (unpaired) electrons. The third-order valence-electron chi connectivity index (χ3n) is 3.48. The summed E-state index contributed by atoms with van der Waals surface area (Å²) < 4.78 is 6.96. The molecule has 1 fully saturated rings. The number of H-pyrrole nitrogens is 1. The normalized spacial score (nSPS) is 24.4. The molecule has 3 atom stereocenters. The Bertz CT molecular complexity index is 750. The van der Waals surface area contributed by atoms with Crippen LogP contribution < -0.4 is 16.6 Å². The molecule has 1 aliphatic rings. The summed E-state index contributed by atoms with van der Waals surface area (Å²) >= 11 is 1.26. The molecule has 23 heavy (non-hydrogen) atoms. The minimum Gasteiger partial charge on any atom is -0.394 e. The lowest BCUT2D eigenvalue weighted by atomic mass is 10.1. The van der Waals surface area contributed by atoms with E-state index in [2.05, 4.69) is 15.3 Å². The van der Waals surface area contributed by atoms with Gasteiger partial charge in [0.15, 0.2) is 11.4 Å². The third-order valence-corrected chi connectivity index (χ3v) is 4.07. The highest BCUT2D eigenvalue weighted by molar-refractivity contribution is 8.13. The second-order valence-electron chi connectivity index (χ2n) is 4.97. The predicted octanol–water partition coefficient (Wildman–Crippen LogP) is -0.717. The molecular formula is C13H17N5O4S. The summed E-state index contributed by atoms with van der Waals surface area (Å²) in [5.41, 5.74) is -0.635. The first-order valence-corrected chi connectivity index (χ1v) is 8.08. The maximum absolute atomic E-state index is 11.9. The molecule has 1 aliphatic heterocycles. The zero-order valence-corrected chi connectivity index (χ0v) is 13.5. The standard InChI is InChI=1S/C13H17N5O4S/c1-7-4-18(13(21)17-11(7)20)10-3-8(9(5-19)22-10)16-12(23-2)15-6-14/h4,8-10,19H,3,5H2,1-2H3,(H,15,16)(H,17,20,21). The fourth-order valence-corrected chi connectivity index (χ4v) is 2.71. The molecule has 0 saturated carbocycles. The Morgan fingerprint density at radius 2 is 2.43 bits per heavy atom. The van der Waals surface area contributed by atoms with Gasteiger partial charge in [0.1, 0.15) is 12.3 Å². The Balaban J connectivity index is 2.29. The Hall–Kier alpha value is -2.09. The van der Waals surface area contributed by atoms with Crippen molar-refractivity contribution in [3.8, 4) is 6.19 Å². The number of amidine groups is 1. The maximum Gasteiger partial charge on any atom is 0.330 e. The summed E-state index contributed by atoms with van der Waals surface area (Å²) in [5, 5.41) is 21.0. The van der Waals surface area contributed by atoms with Crippen molar-refractivity contribution in [1.82, 2.24) is 14.9 Å². The van der Waals surface area contributed by atoms with Crippen LogP contribution in [0.2, 0.25) is 0 Å². The van der Waals surface area contributed by atoms with Gasteiger partial charge in [-0.15, -0.1) is 0 Å². The van der Waals surface area contributed by atoms with E-state index in [4.69, 9.17) is 10.00 Å². The molecule has 3 unspecified atom stereocenters. The van der Waals surface area contributed by atoms with Crippen molar-refractivity contribution in [2.75, 3.05) is 12.9 Å². The summed E-state index contributed by atoms with van der Waals surface area (Å²) in [6.07, 6.45) is 4.08. The second kappa shape index (κ2) is 7.45. The molecule has 1 saturated heterocycles. The average molecular weight is 339 g/mol. The molecule has 0 amide bonds. The molecule has 0 aromatic carbocycles. The smallest absolute Gasteiger partial charge is 0.330 e. The van der Waals surface area contributed by atoms with Crippen LogP contribution in [0.3, 0.4) is 0 Å². The van der Waals surface area contributed by atoms with Crippen molar-refractivity contribution < 1.29 is 9.84 Å². The van der Waals surface area contributed by atoms with Gasteiger partial charge in [0.2, 0.25) is 0 Å². The second-order valence-corrected chi connectivity index (χ2v) is 5.76. The Labute approximate surface area is 136 Å². The number of hydrogen-bond donors (Lipinski definition) is 3. The number of aromatic amines is 1. The molecule has 10 heteroatoms. The number of hydrogen-bond acceptors (Lipinski definition) is 7. The number of aryl methyl sites for hydroxylation is 1. The molecule has 1 aromatic rings. The molecule has 0 bridgehead atoms. The number of nitrogens with one attached hydrogen (secondary N) is 2. The zero-order chi connectivity index (χ0) is 17.0. The highest BCUT2D eigenvalue weighted by Gasteiger charge is 2.36. The van der Waals surface area contributed by atoms with Crippen molar-refractivity contribution in [2.45, 2.75) is 31.7 Å². The summed E-state index contributed by atoms with van der Waals surface area (Å²) in [6.45, 7) is 1.32. The number of aromatic nitrogens is 2. The zero-order valence-electron chi connectivity index (χ0n) is 12.6. The monoisotopic (exact) mass is 339 g/mol. The fraction of sp³-hybridized carbons (Fsp3) is 0.538. The van der Waals surface area contributed by atoms with Crippen molar-refractivity contribution in [3.05, 3.63) is 32.6 Å². The van der Waals surface area contributed by atoms with E-state index in [9.17, 15) is 14.7 Å². The maximum atomic E-state index is 11.9. The third kappa shape index (κ3) is 3.82. The fourth-order valence-electron chi connectivity index (χ4n) is 2.32. The van der Waals surface area contributed by atoms with Crippen LogP contribution in [0.4, 0.5) is 0 Å². The molecule has 1 aromatic heterocycles. The van der Waals surface area contributed by atoms with E-state index in [0.29, 0.717) is 17.2 Å². The lowest BCUT2D eigenvalue weighted by molar-refractivity contribution is -0.0270. The van der Waals surface area contributed by atoms with Crippen LogP contribution in [0.5, 0.6) is 0 Å². The van der Waals surface area contributed by atoms with E-state index in [-0.39, 0.29) is 6.61 Å². The van der Waals surface area contributed by atoms with Gasteiger partial charge in [-0.2, -0.15) is 5.26 Å². The molecule has 3 N–H and O–H groups in total. The van der Waals surface area contributed by atoms with Crippen LogP contribution in [0.1, 0.15) is 18.2 Å². The van der Waals surface area contributed by atoms with Crippen molar-refractivity contribution >= 4 is 16.9 Å². The van der Waals surface area contributed by atoms with E-state index < -0.39 is 29.6 Å². The van der Waals surface area contributed by atoms with Crippen LogP contribution in [-0.2, 0) is 4.74 Å². The highest BCUT2D eigenvalue weighted by Crippen LogP contribution is 2.30. The van der Waals surface area contributed by atoms with Gasteiger partial charge in [0, 0.05) is 18.2 Å². The van der Waals surface area contributed by atoms with E-state index in [1.807, 2.05) is 0 Å². The van der Waals surface area contributed by atoms with E-state index in [0.717, 1.165) is 0 Å². The number of rotatable bonds is 3. The number of ether oxygens (including phenoxy) is 1. The first kappa shape index (κ1) is 17.3. The quantitative estimate of drug-likeness (QED) is 0.286. The molecule has 2 rings (SSSR count). The van der Waals surface area contributed by atoms with Crippen LogP contribution in [0, 0.1) is 18.4 Å². The first-order valence-electron chi connectivity index (χ1n) is 6.85. The summed E-state index contributed by atoms with van der Waals surface area (Å²) in [5.74, 6) is 0. The minimum absolute atomic E-state index is 0.268. The number of aliphatic hydroxyl groups excluding tert-OH is 1. The summed E-state index contributed by atoms with van der Waals surface area (Å²) in [7, 11) is 0. The topological polar surface area (TPSA) is 132 Å². The SMILES string of the molecule is CSC(=NC1CC(n2cc(C)c(=O)[nH]c2=O)OC1CO)NC#N. The van der Waals surface area contributed by atoms with Crippen LogP contribution >= 0.6 is 11.8 Å². The van der Waals surface area contributed by atoms with Gasteiger partial charge in [0.25, 0.3) is 5.56 Å². The van der Waals surface area contributed by atoms with Crippen LogP contribution in [0.25, 0.3) is 0 Å². The van der Waals surface area contributed by atoms with Gasteiger partial charge in [-0.3, -0.25) is 24.7 Å². The Kier molecular flexibility index (Phi) is 5.59. The number of nitrogens with zero attached hydrogens (tertiary/aromatic N) is 3. The molecule has 0 aliphatic carbocycles.